The molecule has 0 aromatic heterocycles. The largest absolute Gasteiger partial charge is 0.483 e. The maximum atomic E-state index is 11.6. The third kappa shape index (κ3) is 6.99. The second-order valence-corrected chi connectivity index (χ2v) is 5.11. The molecule has 0 aliphatic carbocycles. The van der Waals surface area contributed by atoms with E-state index in [9.17, 15) is 9.59 Å². The summed E-state index contributed by atoms with van der Waals surface area (Å²) in [6, 6.07) is 5.30. The first-order valence-corrected chi connectivity index (χ1v) is 7.25. The van der Waals surface area contributed by atoms with Gasteiger partial charge in [-0.15, -0.1) is 0 Å². The van der Waals surface area contributed by atoms with E-state index < -0.39 is 5.97 Å². The third-order valence-electron chi connectivity index (χ3n) is 2.97. The fourth-order valence-corrected chi connectivity index (χ4v) is 1.91. The minimum Gasteiger partial charge on any atom is -0.483 e. The van der Waals surface area contributed by atoms with Crippen LogP contribution in [0.15, 0.2) is 18.2 Å². The lowest BCUT2D eigenvalue weighted by molar-refractivity contribution is -0.137. The molecule has 0 fully saturated rings. The van der Waals surface area contributed by atoms with E-state index >= 15 is 0 Å². The van der Waals surface area contributed by atoms with E-state index in [1.807, 2.05) is 6.92 Å². The minimum absolute atomic E-state index is 0.0592. The predicted octanol–water partition coefficient (Wildman–Crippen LogP) is 2.79. The smallest absolute Gasteiger partial charge is 0.303 e. The van der Waals surface area contributed by atoms with E-state index in [0.717, 1.165) is 18.4 Å². The van der Waals surface area contributed by atoms with Gasteiger partial charge in [-0.1, -0.05) is 24.1 Å². The molecule has 1 rings (SSSR count). The van der Waals surface area contributed by atoms with Crippen molar-refractivity contribution >= 4 is 23.5 Å². The van der Waals surface area contributed by atoms with Gasteiger partial charge in [0.25, 0.3) is 5.91 Å². The first-order valence-electron chi connectivity index (χ1n) is 6.87. The summed E-state index contributed by atoms with van der Waals surface area (Å²) in [5.74, 6) is -0.393. The van der Waals surface area contributed by atoms with Crippen molar-refractivity contribution in [3.8, 4) is 5.75 Å². The van der Waals surface area contributed by atoms with Crippen molar-refractivity contribution in [2.24, 2.45) is 0 Å². The number of nitrogens with one attached hydrogen (secondary N) is 1. The number of carboxylic acids is 1. The highest BCUT2D eigenvalue weighted by Crippen LogP contribution is 2.24. The number of hydrogen-bond acceptors (Lipinski definition) is 3. The lowest BCUT2D eigenvalue weighted by atomic mass is 10.2. The van der Waals surface area contributed by atoms with Gasteiger partial charge in [0, 0.05) is 23.6 Å². The number of benzene rings is 1. The molecular formula is C15H20ClNO4. The first-order chi connectivity index (χ1) is 10.0. The van der Waals surface area contributed by atoms with Crippen molar-refractivity contribution in [2.75, 3.05) is 13.2 Å². The van der Waals surface area contributed by atoms with E-state index in [4.69, 9.17) is 21.4 Å². The summed E-state index contributed by atoms with van der Waals surface area (Å²) >= 11 is 5.96. The lowest BCUT2D eigenvalue weighted by Gasteiger charge is -2.10. The van der Waals surface area contributed by atoms with Gasteiger partial charge in [-0.05, 0) is 31.9 Å². The summed E-state index contributed by atoms with van der Waals surface area (Å²) in [6.07, 6.45) is 2.34. The van der Waals surface area contributed by atoms with Crippen LogP contribution in [0.25, 0.3) is 0 Å². The lowest BCUT2D eigenvalue weighted by Crippen LogP contribution is -2.29. The molecular weight excluding hydrogens is 294 g/mol. The van der Waals surface area contributed by atoms with Gasteiger partial charge >= 0.3 is 5.97 Å². The van der Waals surface area contributed by atoms with Gasteiger partial charge in [-0.3, -0.25) is 9.59 Å². The van der Waals surface area contributed by atoms with Gasteiger partial charge in [0.2, 0.25) is 0 Å². The van der Waals surface area contributed by atoms with Crippen molar-refractivity contribution < 1.29 is 19.4 Å². The summed E-state index contributed by atoms with van der Waals surface area (Å²) in [7, 11) is 0. The number of carbonyl (C=O) groups is 2. The van der Waals surface area contributed by atoms with Gasteiger partial charge in [0.15, 0.2) is 6.61 Å². The average Bonchev–Trinajstić information content (AvgIpc) is 2.44. The van der Waals surface area contributed by atoms with Crippen LogP contribution >= 0.6 is 11.6 Å². The summed E-state index contributed by atoms with van der Waals surface area (Å²) < 4.78 is 5.41. The average molecular weight is 314 g/mol. The molecule has 1 amide bonds. The Balaban J connectivity index is 2.17. The van der Waals surface area contributed by atoms with Gasteiger partial charge in [0.05, 0.1) is 0 Å². The Morgan fingerprint density at radius 1 is 1.29 bits per heavy atom. The van der Waals surface area contributed by atoms with Crippen LogP contribution in [0.3, 0.4) is 0 Å². The summed E-state index contributed by atoms with van der Waals surface area (Å²) in [5.41, 5.74) is 0.806. The van der Waals surface area contributed by atoms with Crippen LogP contribution < -0.4 is 10.1 Å². The quantitative estimate of drug-likeness (QED) is 0.687. The minimum atomic E-state index is -0.788. The van der Waals surface area contributed by atoms with Gasteiger partial charge < -0.3 is 15.2 Å². The number of aliphatic carboxylic acids is 1. The Morgan fingerprint density at radius 2 is 2.05 bits per heavy atom. The Morgan fingerprint density at radius 3 is 2.76 bits per heavy atom. The number of halogens is 1. The van der Waals surface area contributed by atoms with Crippen molar-refractivity contribution in [3.05, 3.63) is 28.8 Å². The standard InChI is InChI=1S/C15H20ClNO4/c1-11-12(16)6-5-7-13(11)21-10-14(18)17-9-4-2-3-8-15(19)20/h5-7H,2-4,8-10H2,1H3,(H,17,18)(H,19,20). The Labute approximate surface area is 129 Å². The number of carbonyl (C=O) groups excluding carboxylic acids is 1. The number of carboxylic acid groups (broad SMARTS) is 1. The number of hydrogen-bond donors (Lipinski definition) is 2. The van der Waals surface area contributed by atoms with Crippen LogP contribution in [0.2, 0.25) is 5.02 Å². The normalized spacial score (nSPS) is 10.2. The van der Waals surface area contributed by atoms with Gasteiger partial charge in [-0.2, -0.15) is 0 Å². The van der Waals surface area contributed by atoms with E-state index in [1.165, 1.54) is 0 Å². The highest BCUT2D eigenvalue weighted by atomic mass is 35.5. The van der Waals surface area contributed by atoms with Gasteiger partial charge in [-0.25, -0.2) is 0 Å². The molecule has 116 valence electrons. The molecule has 0 aliphatic rings. The zero-order valence-electron chi connectivity index (χ0n) is 12.0. The van der Waals surface area contributed by atoms with Crippen LogP contribution in [-0.2, 0) is 9.59 Å². The van der Waals surface area contributed by atoms with E-state index in [0.29, 0.717) is 23.7 Å². The van der Waals surface area contributed by atoms with Crippen molar-refractivity contribution in [2.45, 2.75) is 32.6 Å². The maximum absolute atomic E-state index is 11.6. The fourth-order valence-electron chi connectivity index (χ4n) is 1.74. The Kier molecular flexibility index (Phi) is 7.61. The summed E-state index contributed by atoms with van der Waals surface area (Å²) in [5, 5.41) is 11.8. The van der Waals surface area contributed by atoms with Crippen molar-refractivity contribution in [1.82, 2.24) is 5.32 Å². The highest BCUT2D eigenvalue weighted by molar-refractivity contribution is 6.31. The molecule has 0 saturated heterocycles. The molecule has 0 atom stereocenters. The highest BCUT2D eigenvalue weighted by Gasteiger charge is 2.06. The zero-order valence-corrected chi connectivity index (χ0v) is 12.8. The van der Waals surface area contributed by atoms with Crippen LogP contribution in [0.5, 0.6) is 5.75 Å². The SMILES string of the molecule is Cc1c(Cl)cccc1OCC(=O)NCCCCCC(=O)O. The second kappa shape index (κ2) is 9.23. The molecule has 2 N–H and O–H groups in total. The first kappa shape index (κ1) is 17.3. The number of rotatable bonds is 9. The molecule has 0 spiro atoms. The van der Waals surface area contributed by atoms with Gasteiger partial charge in [0.1, 0.15) is 5.75 Å². The molecule has 0 unspecified atom stereocenters. The van der Waals surface area contributed by atoms with E-state index in [1.54, 1.807) is 18.2 Å². The molecule has 1 aromatic carbocycles. The molecule has 0 saturated carbocycles. The maximum Gasteiger partial charge on any atom is 0.303 e. The predicted molar refractivity (Wildman–Crippen MR) is 80.8 cm³/mol. The third-order valence-corrected chi connectivity index (χ3v) is 3.38. The molecule has 0 heterocycles. The second-order valence-electron chi connectivity index (χ2n) is 4.71. The van der Waals surface area contributed by atoms with Crippen molar-refractivity contribution in [1.29, 1.82) is 0 Å². The molecule has 1 aromatic rings. The number of ether oxygens (including phenoxy) is 1. The summed E-state index contributed by atoms with van der Waals surface area (Å²) in [6.45, 7) is 2.30. The number of unbranched alkanes of at least 4 members (excludes halogenated alkanes) is 2. The molecule has 0 radical (unpaired) electrons. The Hall–Kier alpha value is -1.75. The van der Waals surface area contributed by atoms with E-state index in [-0.39, 0.29) is 18.9 Å². The topological polar surface area (TPSA) is 75.6 Å². The van der Waals surface area contributed by atoms with Crippen LogP contribution in [-0.4, -0.2) is 30.1 Å². The fraction of sp³-hybridized carbons (Fsp3) is 0.467. The monoisotopic (exact) mass is 313 g/mol. The molecule has 21 heavy (non-hydrogen) atoms. The van der Waals surface area contributed by atoms with Crippen LogP contribution in [0.1, 0.15) is 31.2 Å². The van der Waals surface area contributed by atoms with E-state index in [2.05, 4.69) is 5.32 Å². The van der Waals surface area contributed by atoms with Crippen molar-refractivity contribution in [3.63, 3.8) is 0 Å². The molecule has 5 nitrogen and oxygen atoms in total. The summed E-state index contributed by atoms with van der Waals surface area (Å²) in [4.78, 5) is 21.9. The molecule has 6 heteroatoms. The van der Waals surface area contributed by atoms with Crippen LogP contribution in [0.4, 0.5) is 0 Å². The van der Waals surface area contributed by atoms with Crippen LogP contribution in [0, 0.1) is 6.92 Å². The Bertz CT molecular complexity index is 491. The number of amides is 1. The molecule has 0 aliphatic heterocycles. The molecule has 0 bridgehead atoms. The zero-order chi connectivity index (χ0) is 15.7.